The molecule has 88 valence electrons. The fourth-order valence-corrected chi connectivity index (χ4v) is 1.00. The number of hydrogen-bond acceptors (Lipinski definition) is 5. The Bertz CT molecular complexity index is 519. The van der Waals surface area contributed by atoms with Gasteiger partial charge in [0.1, 0.15) is 6.02 Å². The molecule has 0 aromatic heterocycles. The Kier molecular flexibility index (Phi) is 2.52. The summed E-state index contributed by atoms with van der Waals surface area (Å²) in [5.41, 5.74) is 5.19. The SMILES string of the molecule is [2H]c1c([2H])c(CC([2H])(N)C(=O)OCC)c([2H])c(O)c1O. The maximum atomic E-state index is 11.5. The van der Waals surface area contributed by atoms with Crippen molar-refractivity contribution in [2.75, 3.05) is 6.61 Å². The van der Waals surface area contributed by atoms with Gasteiger partial charge in [0.15, 0.2) is 11.5 Å². The first kappa shape index (κ1) is 7.51. The van der Waals surface area contributed by atoms with Crippen molar-refractivity contribution in [2.24, 2.45) is 5.73 Å². The molecule has 1 unspecified atom stereocenters. The highest BCUT2D eigenvalue weighted by molar-refractivity contribution is 5.75. The molecule has 0 spiro atoms. The van der Waals surface area contributed by atoms with E-state index in [0.29, 0.717) is 0 Å². The summed E-state index contributed by atoms with van der Waals surface area (Å²) >= 11 is 0. The molecule has 0 saturated heterocycles. The first-order valence-electron chi connectivity index (χ1n) is 6.60. The van der Waals surface area contributed by atoms with Crippen LogP contribution in [-0.4, -0.2) is 28.8 Å². The molecule has 0 aliphatic rings. The zero-order chi connectivity index (χ0) is 15.7. The Balaban J connectivity index is 3.26. The Labute approximate surface area is 99.1 Å². The number of phenolic OH excluding ortho intramolecular Hbond substituents is 2. The van der Waals surface area contributed by atoms with Crippen LogP contribution in [0.5, 0.6) is 11.5 Å². The third-order valence-electron chi connectivity index (χ3n) is 1.73. The number of benzene rings is 1. The van der Waals surface area contributed by atoms with Crippen molar-refractivity contribution in [3.63, 3.8) is 0 Å². The van der Waals surface area contributed by atoms with Crippen molar-refractivity contribution in [3.8, 4) is 11.5 Å². The van der Waals surface area contributed by atoms with Gasteiger partial charge in [0.2, 0.25) is 0 Å². The third kappa shape index (κ3) is 3.13. The molecule has 16 heavy (non-hydrogen) atoms. The molecule has 1 aromatic carbocycles. The summed E-state index contributed by atoms with van der Waals surface area (Å²) in [6.07, 6.45) is -0.594. The summed E-state index contributed by atoms with van der Waals surface area (Å²) in [6.45, 7) is 1.55. The quantitative estimate of drug-likeness (QED) is 0.517. The average Bonchev–Trinajstić information content (AvgIpc) is 2.39. The molecule has 1 aromatic rings. The van der Waals surface area contributed by atoms with Crippen LogP contribution in [0.3, 0.4) is 0 Å². The highest BCUT2D eigenvalue weighted by atomic mass is 16.5. The molecule has 0 saturated carbocycles. The molecule has 5 nitrogen and oxygen atoms in total. The van der Waals surface area contributed by atoms with E-state index in [1.165, 1.54) is 6.92 Å². The van der Waals surface area contributed by atoms with Gasteiger partial charge in [-0.25, -0.2) is 0 Å². The molecule has 0 heterocycles. The van der Waals surface area contributed by atoms with E-state index in [4.69, 9.17) is 11.2 Å². The molecule has 0 bridgehead atoms. The maximum absolute atomic E-state index is 11.5. The fraction of sp³-hybridized carbons (Fsp3) is 0.364. The third-order valence-corrected chi connectivity index (χ3v) is 1.73. The molecule has 4 N–H and O–H groups in total. The van der Waals surface area contributed by atoms with Gasteiger partial charge in [0.25, 0.3) is 0 Å². The normalized spacial score (nSPS) is 17.6. The zero-order valence-corrected chi connectivity index (χ0v) is 8.70. The van der Waals surface area contributed by atoms with E-state index in [1.54, 1.807) is 0 Å². The van der Waals surface area contributed by atoms with Crippen molar-refractivity contribution in [1.82, 2.24) is 0 Å². The smallest absolute Gasteiger partial charge is 0.323 e. The lowest BCUT2D eigenvalue weighted by Crippen LogP contribution is -2.34. The van der Waals surface area contributed by atoms with Gasteiger partial charge in [0.05, 0.1) is 12.1 Å². The lowest BCUT2D eigenvalue weighted by Gasteiger charge is -2.10. The fourth-order valence-electron chi connectivity index (χ4n) is 1.00. The molecule has 1 atom stereocenters. The van der Waals surface area contributed by atoms with Crippen LogP contribution in [0.1, 0.15) is 18.0 Å². The Morgan fingerprint density at radius 1 is 1.62 bits per heavy atom. The van der Waals surface area contributed by atoms with Gasteiger partial charge < -0.3 is 20.7 Å². The molecule has 0 fully saturated rings. The first-order valence-corrected chi connectivity index (χ1v) is 4.60. The number of aromatic hydroxyl groups is 2. The molecule has 0 radical (unpaired) electrons. The summed E-state index contributed by atoms with van der Waals surface area (Å²) in [5, 5.41) is 18.8. The topological polar surface area (TPSA) is 92.8 Å². The molecule has 0 aliphatic heterocycles. The van der Waals surface area contributed by atoms with Gasteiger partial charge in [-0.15, -0.1) is 0 Å². The standard InChI is InChI=1S/C11H15NO4/c1-2-16-11(15)8(12)5-7-3-4-9(13)10(14)6-7/h3-4,6,8,13-14H,2,5,12H2,1H3/i3D,4D,6D,8D. The molecule has 5 heteroatoms. The maximum Gasteiger partial charge on any atom is 0.323 e. The van der Waals surface area contributed by atoms with Gasteiger partial charge in [0, 0.05) is 0 Å². The Morgan fingerprint density at radius 3 is 2.94 bits per heavy atom. The van der Waals surface area contributed by atoms with E-state index in [2.05, 4.69) is 4.74 Å². The number of ether oxygens (including phenoxy) is 1. The number of carbonyl (C=O) groups is 1. The van der Waals surface area contributed by atoms with Gasteiger partial charge in [-0.2, -0.15) is 0 Å². The van der Waals surface area contributed by atoms with E-state index < -0.39 is 48.0 Å². The predicted octanol–water partition coefficient (Wildman–Crippen LogP) is 0.531. The van der Waals surface area contributed by atoms with Crippen LogP contribution in [0.15, 0.2) is 18.1 Å². The van der Waals surface area contributed by atoms with Gasteiger partial charge in [-0.3, -0.25) is 4.79 Å². The lowest BCUT2D eigenvalue weighted by atomic mass is 10.1. The number of carbonyl (C=O) groups excluding carboxylic acids is 1. The molecular weight excluding hydrogens is 210 g/mol. The molecule has 0 aliphatic carbocycles. The van der Waals surface area contributed by atoms with E-state index in [-0.39, 0.29) is 12.2 Å². The average molecular weight is 229 g/mol. The van der Waals surface area contributed by atoms with Crippen LogP contribution in [0, 0.1) is 0 Å². The van der Waals surface area contributed by atoms with Gasteiger partial charge in [-0.1, -0.05) is 6.04 Å². The molecular formula is C11H15NO4. The summed E-state index contributed by atoms with van der Waals surface area (Å²) in [6, 6.07) is -4.17. The van der Waals surface area contributed by atoms with Crippen molar-refractivity contribution in [2.45, 2.75) is 19.4 Å². The van der Waals surface area contributed by atoms with Crippen LogP contribution in [-0.2, 0) is 16.0 Å². The highest BCUT2D eigenvalue weighted by Gasteiger charge is 2.15. The van der Waals surface area contributed by atoms with Crippen LogP contribution >= 0.6 is 0 Å². The van der Waals surface area contributed by atoms with Gasteiger partial charge in [-0.05, 0) is 31.0 Å². The van der Waals surface area contributed by atoms with Crippen molar-refractivity contribution < 1.29 is 25.2 Å². The summed E-state index contributed by atoms with van der Waals surface area (Å²) in [5.74, 6) is -2.83. The lowest BCUT2D eigenvalue weighted by molar-refractivity contribution is -0.144. The Morgan fingerprint density at radius 2 is 2.31 bits per heavy atom. The minimum atomic E-state index is -2.25. The molecule has 0 amide bonds. The zero-order valence-electron chi connectivity index (χ0n) is 12.7. The van der Waals surface area contributed by atoms with E-state index in [9.17, 15) is 15.0 Å². The van der Waals surface area contributed by atoms with Crippen molar-refractivity contribution in [3.05, 3.63) is 23.7 Å². The van der Waals surface area contributed by atoms with Gasteiger partial charge >= 0.3 is 5.97 Å². The van der Waals surface area contributed by atoms with Crippen LogP contribution in [0.25, 0.3) is 0 Å². The second-order valence-corrected chi connectivity index (χ2v) is 2.97. The monoisotopic (exact) mass is 229 g/mol. The summed E-state index contributed by atoms with van der Waals surface area (Å²) in [7, 11) is 0. The predicted molar refractivity (Wildman–Crippen MR) is 58.1 cm³/mol. The number of rotatable bonds is 4. The molecule has 1 rings (SSSR count). The first-order chi connectivity index (χ1) is 9.13. The van der Waals surface area contributed by atoms with Crippen LogP contribution in [0.2, 0.25) is 0 Å². The van der Waals surface area contributed by atoms with Crippen LogP contribution in [0.4, 0.5) is 0 Å². The largest absolute Gasteiger partial charge is 0.504 e. The number of phenols is 2. The number of esters is 1. The summed E-state index contributed by atoms with van der Waals surface area (Å²) < 4.78 is 34.9. The van der Waals surface area contributed by atoms with E-state index in [1.807, 2.05) is 0 Å². The minimum absolute atomic E-state index is 0.0165. The van der Waals surface area contributed by atoms with Crippen molar-refractivity contribution in [1.29, 1.82) is 0 Å². The van der Waals surface area contributed by atoms with Crippen molar-refractivity contribution >= 4 is 5.97 Å². The second-order valence-electron chi connectivity index (χ2n) is 2.97. The highest BCUT2D eigenvalue weighted by Crippen LogP contribution is 2.25. The van der Waals surface area contributed by atoms with E-state index >= 15 is 0 Å². The summed E-state index contributed by atoms with van der Waals surface area (Å²) in [4.78, 5) is 11.5. The van der Waals surface area contributed by atoms with Crippen LogP contribution < -0.4 is 5.73 Å². The number of nitrogens with two attached hydrogens (primary N) is 1. The van der Waals surface area contributed by atoms with E-state index in [0.717, 1.165) is 0 Å². The Hall–Kier alpha value is -1.75. The minimum Gasteiger partial charge on any atom is -0.504 e. The number of hydrogen-bond donors (Lipinski definition) is 3. The second kappa shape index (κ2) is 5.37.